The van der Waals surface area contributed by atoms with Crippen LogP contribution in [-0.2, 0) is 13.6 Å². The molecule has 0 aliphatic heterocycles. The third kappa shape index (κ3) is 3.63. The third-order valence-corrected chi connectivity index (χ3v) is 4.01. The topological polar surface area (TPSA) is 29.9 Å². The van der Waals surface area contributed by atoms with Gasteiger partial charge in [-0.05, 0) is 46.7 Å². The molecule has 2 rings (SSSR count). The minimum Gasteiger partial charge on any atom is -0.380 e. The van der Waals surface area contributed by atoms with E-state index in [2.05, 4.69) is 53.1 Å². The van der Waals surface area contributed by atoms with Gasteiger partial charge in [-0.3, -0.25) is 4.68 Å². The van der Waals surface area contributed by atoms with E-state index in [1.165, 1.54) is 5.56 Å². The van der Waals surface area contributed by atoms with Gasteiger partial charge in [-0.2, -0.15) is 5.10 Å². The Morgan fingerprint density at radius 1 is 1.42 bits per heavy atom. The van der Waals surface area contributed by atoms with Gasteiger partial charge in [-0.15, -0.1) is 0 Å². The van der Waals surface area contributed by atoms with Crippen LogP contribution in [0, 0.1) is 3.57 Å². The number of halogens is 2. The van der Waals surface area contributed by atoms with Crippen molar-refractivity contribution >= 4 is 39.9 Å². The number of hydrogen-bond acceptors (Lipinski definition) is 2. The molecule has 0 atom stereocenters. The van der Waals surface area contributed by atoms with Gasteiger partial charge < -0.3 is 5.32 Å². The normalized spacial score (nSPS) is 11.1. The Labute approximate surface area is 132 Å². The Morgan fingerprint density at radius 2 is 2.16 bits per heavy atom. The van der Waals surface area contributed by atoms with Crippen molar-refractivity contribution in [1.29, 1.82) is 0 Å². The SMILES string of the molecule is CC(C)c1nn(C)cc1CNc1ccc(Cl)cc1I. The largest absolute Gasteiger partial charge is 0.380 e. The molecule has 1 N–H and O–H groups in total. The second-order valence-electron chi connectivity index (χ2n) is 4.85. The highest BCUT2D eigenvalue weighted by Gasteiger charge is 2.11. The zero-order valence-corrected chi connectivity index (χ0v) is 14.2. The maximum absolute atomic E-state index is 5.96. The van der Waals surface area contributed by atoms with Crippen molar-refractivity contribution < 1.29 is 0 Å². The van der Waals surface area contributed by atoms with Gasteiger partial charge in [0.05, 0.1) is 5.69 Å². The first kappa shape index (κ1) is 14.7. The van der Waals surface area contributed by atoms with Gasteiger partial charge in [0.2, 0.25) is 0 Å². The number of rotatable bonds is 4. The molecule has 1 aromatic carbocycles. The van der Waals surface area contributed by atoms with Gasteiger partial charge in [0.1, 0.15) is 0 Å². The zero-order valence-electron chi connectivity index (χ0n) is 11.2. The molecule has 0 aliphatic rings. The number of aryl methyl sites for hydroxylation is 1. The Balaban J connectivity index is 2.14. The van der Waals surface area contributed by atoms with Gasteiger partial charge >= 0.3 is 0 Å². The summed E-state index contributed by atoms with van der Waals surface area (Å²) in [5, 5.41) is 8.72. The molecule has 102 valence electrons. The summed E-state index contributed by atoms with van der Waals surface area (Å²) in [5.74, 6) is 0.433. The number of nitrogens with one attached hydrogen (secondary N) is 1. The van der Waals surface area contributed by atoms with Crippen LogP contribution in [0.3, 0.4) is 0 Å². The molecule has 0 radical (unpaired) electrons. The van der Waals surface area contributed by atoms with E-state index in [1.54, 1.807) is 0 Å². The van der Waals surface area contributed by atoms with Crippen molar-refractivity contribution in [2.45, 2.75) is 26.3 Å². The summed E-state index contributed by atoms with van der Waals surface area (Å²) in [6, 6.07) is 5.87. The molecule has 0 saturated carbocycles. The Morgan fingerprint density at radius 3 is 2.79 bits per heavy atom. The van der Waals surface area contributed by atoms with Crippen molar-refractivity contribution in [2.75, 3.05) is 5.32 Å². The molecule has 0 unspecified atom stereocenters. The first-order valence-electron chi connectivity index (χ1n) is 6.18. The van der Waals surface area contributed by atoms with Crippen LogP contribution in [-0.4, -0.2) is 9.78 Å². The van der Waals surface area contributed by atoms with Crippen molar-refractivity contribution in [3.05, 3.63) is 44.2 Å². The minimum absolute atomic E-state index is 0.433. The summed E-state index contributed by atoms with van der Waals surface area (Å²) in [4.78, 5) is 0. The molecule has 0 amide bonds. The minimum atomic E-state index is 0.433. The van der Waals surface area contributed by atoms with Crippen LogP contribution in [0.15, 0.2) is 24.4 Å². The molecule has 2 aromatic rings. The Hall–Kier alpha value is -0.750. The highest BCUT2D eigenvalue weighted by atomic mass is 127. The summed E-state index contributed by atoms with van der Waals surface area (Å²) in [7, 11) is 1.96. The predicted octanol–water partition coefficient (Wildman–Crippen LogP) is 4.41. The smallest absolute Gasteiger partial charge is 0.0699 e. The summed E-state index contributed by atoms with van der Waals surface area (Å²) < 4.78 is 3.00. The fourth-order valence-corrected chi connectivity index (χ4v) is 3.06. The Bertz CT molecular complexity index is 578. The summed E-state index contributed by atoms with van der Waals surface area (Å²) in [5.41, 5.74) is 3.49. The van der Waals surface area contributed by atoms with Gasteiger partial charge in [0.25, 0.3) is 0 Å². The van der Waals surface area contributed by atoms with Crippen LogP contribution >= 0.6 is 34.2 Å². The maximum Gasteiger partial charge on any atom is 0.0699 e. The highest BCUT2D eigenvalue weighted by Crippen LogP contribution is 2.24. The van der Waals surface area contributed by atoms with Crippen LogP contribution in [0.5, 0.6) is 0 Å². The lowest BCUT2D eigenvalue weighted by Gasteiger charge is -2.10. The summed E-state index contributed by atoms with van der Waals surface area (Å²) in [6.45, 7) is 5.11. The molecule has 1 heterocycles. The number of anilines is 1. The van der Waals surface area contributed by atoms with E-state index in [4.69, 9.17) is 11.6 Å². The van der Waals surface area contributed by atoms with Crippen molar-refractivity contribution in [3.63, 3.8) is 0 Å². The molecule has 3 nitrogen and oxygen atoms in total. The van der Waals surface area contributed by atoms with Crippen LogP contribution in [0.25, 0.3) is 0 Å². The third-order valence-electron chi connectivity index (χ3n) is 2.88. The summed E-state index contributed by atoms with van der Waals surface area (Å²) in [6.07, 6.45) is 2.07. The van der Waals surface area contributed by atoms with E-state index in [0.29, 0.717) is 5.92 Å². The Kier molecular flexibility index (Phi) is 4.73. The molecular weight excluding hydrogens is 373 g/mol. The lowest BCUT2D eigenvalue weighted by Crippen LogP contribution is -2.03. The van der Waals surface area contributed by atoms with Gasteiger partial charge in [-0.1, -0.05) is 25.4 Å². The van der Waals surface area contributed by atoms with E-state index in [9.17, 15) is 0 Å². The fraction of sp³-hybridized carbons (Fsp3) is 0.357. The second-order valence-corrected chi connectivity index (χ2v) is 6.44. The predicted molar refractivity (Wildman–Crippen MR) is 88.8 cm³/mol. The molecule has 0 bridgehead atoms. The standard InChI is InChI=1S/C14H17ClIN3/c1-9(2)14-10(8-19(3)18-14)7-17-13-5-4-11(15)6-12(13)16/h4-6,8-9,17H,7H2,1-3H3. The van der Waals surface area contributed by atoms with E-state index in [0.717, 1.165) is 26.5 Å². The molecule has 0 fully saturated rings. The molecule has 19 heavy (non-hydrogen) atoms. The molecule has 5 heteroatoms. The van der Waals surface area contributed by atoms with E-state index in [-0.39, 0.29) is 0 Å². The van der Waals surface area contributed by atoms with Crippen LogP contribution in [0.4, 0.5) is 5.69 Å². The first-order valence-corrected chi connectivity index (χ1v) is 7.64. The van der Waals surface area contributed by atoms with E-state index >= 15 is 0 Å². The lowest BCUT2D eigenvalue weighted by molar-refractivity contribution is 0.712. The van der Waals surface area contributed by atoms with Gasteiger partial charge in [0.15, 0.2) is 0 Å². The number of nitrogens with zero attached hydrogens (tertiary/aromatic N) is 2. The maximum atomic E-state index is 5.96. The van der Waals surface area contributed by atoms with Gasteiger partial charge in [0, 0.05) is 39.6 Å². The number of benzene rings is 1. The quantitative estimate of drug-likeness (QED) is 0.785. The van der Waals surface area contributed by atoms with Crippen LogP contribution in [0.1, 0.15) is 31.0 Å². The molecule has 0 saturated heterocycles. The number of aromatic nitrogens is 2. The van der Waals surface area contributed by atoms with Crippen LogP contribution in [0.2, 0.25) is 5.02 Å². The fourth-order valence-electron chi connectivity index (χ4n) is 2.00. The average Bonchev–Trinajstić information content (AvgIpc) is 2.69. The van der Waals surface area contributed by atoms with Crippen molar-refractivity contribution in [1.82, 2.24) is 9.78 Å². The van der Waals surface area contributed by atoms with Crippen LogP contribution < -0.4 is 5.32 Å². The highest BCUT2D eigenvalue weighted by molar-refractivity contribution is 14.1. The second kappa shape index (κ2) is 6.13. The van der Waals surface area contributed by atoms with Gasteiger partial charge in [-0.25, -0.2) is 0 Å². The van der Waals surface area contributed by atoms with E-state index in [1.807, 2.05) is 29.9 Å². The monoisotopic (exact) mass is 389 g/mol. The molecule has 1 aromatic heterocycles. The molecule has 0 aliphatic carbocycles. The van der Waals surface area contributed by atoms with E-state index < -0.39 is 0 Å². The number of hydrogen-bond donors (Lipinski definition) is 1. The lowest BCUT2D eigenvalue weighted by atomic mass is 10.1. The average molecular weight is 390 g/mol. The first-order chi connectivity index (χ1) is 8.97. The molecule has 0 spiro atoms. The summed E-state index contributed by atoms with van der Waals surface area (Å²) >= 11 is 8.25. The van der Waals surface area contributed by atoms with Crippen molar-refractivity contribution in [2.24, 2.45) is 7.05 Å². The zero-order chi connectivity index (χ0) is 14.0. The van der Waals surface area contributed by atoms with Crippen molar-refractivity contribution in [3.8, 4) is 0 Å². The molecular formula is C14H17ClIN3.